The zero-order valence-corrected chi connectivity index (χ0v) is 11.9. The standard InChI is InChI=1S/C16H14F4N2/c1-2-3-11-9-21-15(22-10-11)13-6-4-12(5-7-13)14(17)8-16(18,19)20/h4-10H,2-3H2,1H3/b14-8-. The van der Waals surface area contributed by atoms with Gasteiger partial charge in [0.05, 0.1) is 6.08 Å². The summed E-state index contributed by atoms with van der Waals surface area (Å²) < 4.78 is 49.7. The topological polar surface area (TPSA) is 25.8 Å². The number of rotatable bonds is 4. The second-order valence-corrected chi connectivity index (χ2v) is 4.78. The molecule has 0 bridgehead atoms. The number of halogens is 4. The van der Waals surface area contributed by atoms with Crippen LogP contribution in [0.3, 0.4) is 0 Å². The fraction of sp³-hybridized carbons (Fsp3) is 0.250. The summed E-state index contributed by atoms with van der Waals surface area (Å²) >= 11 is 0. The highest BCUT2D eigenvalue weighted by atomic mass is 19.4. The van der Waals surface area contributed by atoms with Crippen molar-refractivity contribution in [1.29, 1.82) is 0 Å². The van der Waals surface area contributed by atoms with Crippen molar-refractivity contribution in [1.82, 2.24) is 9.97 Å². The van der Waals surface area contributed by atoms with Crippen LogP contribution in [-0.4, -0.2) is 16.1 Å². The van der Waals surface area contributed by atoms with Gasteiger partial charge in [-0.2, -0.15) is 13.2 Å². The minimum Gasteiger partial charge on any atom is -0.236 e. The zero-order valence-electron chi connectivity index (χ0n) is 11.9. The Labute approximate surface area is 125 Å². The van der Waals surface area contributed by atoms with Crippen molar-refractivity contribution < 1.29 is 17.6 Å². The fourth-order valence-corrected chi connectivity index (χ4v) is 1.93. The predicted octanol–water partition coefficient (Wildman–Crippen LogP) is 4.97. The predicted molar refractivity (Wildman–Crippen MR) is 76.6 cm³/mol. The lowest BCUT2D eigenvalue weighted by molar-refractivity contribution is -0.0798. The Hall–Kier alpha value is -2.24. The van der Waals surface area contributed by atoms with Crippen molar-refractivity contribution in [2.75, 3.05) is 0 Å². The van der Waals surface area contributed by atoms with Gasteiger partial charge in [0.2, 0.25) is 0 Å². The molecule has 22 heavy (non-hydrogen) atoms. The first-order valence-electron chi connectivity index (χ1n) is 6.76. The van der Waals surface area contributed by atoms with Gasteiger partial charge in [0.25, 0.3) is 0 Å². The van der Waals surface area contributed by atoms with E-state index in [0.29, 0.717) is 11.4 Å². The average Bonchev–Trinajstić information content (AvgIpc) is 2.47. The molecule has 0 spiro atoms. The van der Waals surface area contributed by atoms with E-state index in [1.807, 2.05) is 0 Å². The Balaban J connectivity index is 2.20. The van der Waals surface area contributed by atoms with E-state index in [4.69, 9.17) is 0 Å². The highest BCUT2D eigenvalue weighted by Crippen LogP contribution is 2.26. The molecule has 1 heterocycles. The van der Waals surface area contributed by atoms with Crippen molar-refractivity contribution in [2.24, 2.45) is 0 Å². The fourth-order valence-electron chi connectivity index (χ4n) is 1.93. The molecular weight excluding hydrogens is 296 g/mol. The number of hydrogen-bond donors (Lipinski definition) is 0. The second kappa shape index (κ2) is 6.68. The summed E-state index contributed by atoms with van der Waals surface area (Å²) in [6.45, 7) is 2.05. The van der Waals surface area contributed by atoms with E-state index in [1.54, 1.807) is 12.4 Å². The van der Waals surface area contributed by atoms with E-state index in [-0.39, 0.29) is 11.6 Å². The van der Waals surface area contributed by atoms with E-state index in [1.165, 1.54) is 24.3 Å². The van der Waals surface area contributed by atoms with Gasteiger partial charge in [-0.05, 0) is 12.0 Å². The van der Waals surface area contributed by atoms with Gasteiger partial charge in [0.1, 0.15) is 5.83 Å². The lowest BCUT2D eigenvalue weighted by atomic mass is 10.1. The van der Waals surface area contributed by atoms with Crippen molar-refractivity contribution in [3.8, 4) is 11.4 Å². The Kier molecular flexibility index (Phi) is 4.90. The maximum atomic E-state index is 13.4. The van der Waals surface area contributed by atoms with E-state index in [2.05, 4.69) is 16.9 Å². The minimum atomic E-state index is -4.68. The van der Waals surface area contributed by atoms with Crippen LogP contribution in [0.2, 0.25) is 0 Å². The van der Waals surface area contributed by atoms with Crippen LogP contribution in [0.15, 0.2) is 42.7 Å². The molecule has 0 aliphatic heterocycles. The van der Waals surface area contributed by atoms with Crippen LogP contribution >= 0.6 is 0 Å². The van der Waals surface area contributed by atoms with E-state index < -0.39 is 12.0 Å². The number of aryl methyl sites for hydroxylation is 1. The van der Waals surface area contributed by atoms with Crippen LogP contribution in [0.25, 0.3) is 17.2 Å². The molecule has 2 aromatic rings. The molecule has 0 aliphatic rings. The summed E-state index contributed by atoms with van der Waals surface area (Å²) in [4.78, 5) is 8.40. The summed E-state index contributed by atoms with van der Waals surface area (Å²) in [6.07, 6.45) is 0.252. The minimum absolute atomic E-state index is 0.135. The normalized spacial score (nSPS) is 12.5. The Morgan fingerprint density at radius 2 is 1.68 bits per heavy atom. The molecule has 6 heteroatoms. The van der Waals surface area contributed by atoms with Crippen LogP contribution in [-0.2, 0) is 6.42 Å². The lowest BCUT2D eigenvalue weighted by Crippen LogP contribution is -2.01. The van der Waals surface area contributed by atoms with Gasteiger partial charge in [-0.15, -0.1) is 0 Å². The highest BCUT2D eigenvalue weighted by Gasteiger charge is 2.25. The summed E-state index contributed by atoms with van der Waals surface area (Å²) in [7, 11) is 0. The van der Waals surface area contributed by atoms with Gasteiger partial charge >= 0.3 is 6.18 Å². The Morgan fingerprint density at radius 3 is 2.18 bits per heavy atom. The molecule has 2 rings (SSSR count). The van der Waals surface area contributed by atoms with Gasteiger partial charge in [0, 0.05) is 23.5 Å². The third kappa shape index (κ3) is 4.38. The summed E-state index contributed by atoms with van der Waals surface area (Å²) in [6, 6.07) is 5.54. The number of alkyl halides is 3. The van der Waals surface area contributed by atoms with Crippen LogP contribution in [0, 0.1) is 0 Å². The largest absolute Gasteiger partial charge is 0.412 e. The van der Waals surface area contributed by atoms with Gasteiger partial charge in [-0.1, -0.05) is 37.6 Å². The first-order chi connectivity index (χ1) is 10.4. The molecule has 116 valence electrons. The molecule has 0 fully saturated rings. The van der Waals surface area contributed by atoms with Crippen LogP contribution in [0.1, 0.15) is 24.5 Å². The molecule has 1 aromatic carbocycles. The smallest absolute Gasteiger partial charge is 0.236 e. The van der Waals surface area contributed by atoms with Gasteiger partial charge < -0.3 is 0 Å². The average molecular weight is 310 g/mol. The van der Waals surface area contributed by atoms with Crippen molar-refractivity contribution in [3.63, 3.8) is 0 Å². The molecule has 0 atom stereocenters. The lowest BCUT2D eigenvalue weighted by Gasteiger charge is -2.04. The van der Waals surface area contributed by atoms with Crippen molar-refractivity contribution in [2.45, 2.75) is 25.9 Å². The van der Waals surface area contributed by atoms with E-state index >= 15 is 0 Å². The quantitative estimate of drug-likeness (QED) is 0.745. The number of hydrogen-bond acceptors (Lipinski definition) is 2. The van der Waals surface area contributed by atoms with Crippen molar-refractivity contribution >= 4 is 5.83 Å². The molecule has 0 aliphatic carbocycles. The first-order valence-corrected chi connectivity index (χ1v) is 6.76. The van der Waals surface area contributed by atoms with Gasteiger partial charge in [-0.25, -0.2) is 14.4 Å². The summed E-state index contributed by atoms with van der Waals surface area (Å²) in [5.41, 5.74) is 1.50. The number of aromatic nitrogens is 2. The number of benzene rings is 1. The molecule has 0 amide bonds. The van der Waals surface area contributed by atoms with Crippen LogP contribution in [0.4, 0.5) is 17.6 Å². The number of allylic oxidation sites excluding steroid dienone is 1. The molecule has 2 nitrogen and oxygen atoms in total. The van der Waals surface area contributed by atoms with E-state index in [0.717, 1.165) is 18.4 Å². The second-order valence-electron chi connectivity index (χ2n) is 4.78. The molecule has 0 saturated heterocycles. The Morgan fingerprint density at radius 1 is 1.09 bits per heavy atom. The molecule has 0 radical (unpaired) electrons. The molecular formula is C16H14F4N2. The monoisotopic (exact) mass is 310 g/mol. The van der Waals surface area contributed by atoms with Crippen LogP contribution in [0.5, 0.6) is 0 Å². The molecule has 0 N–H and O–H groups in total. The van der Waals surface area contributed by atoms with Crippen LogP contribution < -0.4 is 0 Å². The summed E-state index contributed by atoms with van der Waals surface area (Å²) in [5, 5.41) is 0. The van der Waals surface area contributed by atoms with Gasteiger partial charge in [-0.3, -0.25) is 0 Å². The maximum Gasteiger partial charge on any atom is 0.412 e. The van der Waals surface area contributed by atoms with Gasteiger partial charge in [0.15, 0.2) is 5.82 Å². The molecule has 0 unspecified atom stereocenters. The Bertz CT molecular complexity index is 643. The van der Waals surface area contributed by atoms with Crippen molar-refractivity contribution in [3.05, 3.63) is 53.9 Å². The number of nitrogens with zero attached hydrogens (tertiary/aromatic N) is 2. The molecule has 1 aromatic heterocycles. The summed E-state index contributed by atoms with van der Waals surface area (Å²) in [5.74, 6) is -0.870. The first kappa shape index (κ1) is 16.1. The SMILES string of the molecule is CCCc1cnc(-c2ccc(/C(F)=C/C(F)(F)F)cc2)nc1. The van der Waals surface area contributed by atoms with E-state index in [9.17, 15) is 17.6 Å². The third-order valence-corrected chi connectivity index (χ3v) is 2.95. The zero-order chi connectivity index (χ0) is 16.2. The third-order valence-electron chi connectivity index (χ3n) is 2.95. The maximum absolute atomic E-state index is 13.4. The molecule has 0 saturated carbocycles. The highest BCUT2D eigenvalue weighted by molar-refractivity contribution is 5.64.